The number of hydrogen-bond acceptors (Lipinski definition) is 3. The molecule has 1 unspecified atom stereocenters. The second kappa shape index (κ2) is 5.02. The lowest BCUT2D eigenvalue weighted by atomic mass is 9.79. The summed E-state index contributed by atoms with van der Waals surface area (Å²) in [6, 6.07) is -0.0569. The second-order valence-corrected chi connectivity index (χ2v) is 7.81. The van der Waals surface area contributed by atoms with Crippen molar-refractivity contribution < 1.29 is 9.59 Å². The first-order valence-corrected chi connectivity index (χ1v) is 7.45. The summed E-state index contributed by atoms with van der Waals surface area (Å²) in [5, 5.41) is 0. The van der Waals surface area contributed by atoms with Crippen LogP contribution in [0.1, 0.15) is 40.5 Å². The minimum Gasteiger partial charge on any atom is -0.369 e. The average Bonchev–Trinajstić information content (AvgIpc) is 2.26. The summed E-state index contributed by atoms with van der Waals surface area (Å²) < 4.78 is 0. The van der Waals surface area contributed by atoms with Crippen molar-refractivity contribution in [1.29, 1.82) is 0 Å². The van der Waals surface area contributed by atoms with E-state index in [0.717, 1.165) is 25.9 Å². The third kappa shape index (κ3) is 2.97. The van der Waals surface area contributed by atoms with Gasteiger partial charge in [0.05, 0.1) is 11.5 Å². The summed E-state index contributed by atoms with van der Waals surface area (Å²) in [6.07, 6.45) is 1.94. The molecule has 0 radical (unpaired) electrons. The maximum Gasteiger partial charge on any atom is 0.239 e. The van der Waals surface area contributed by atoms with Gasteiger partial charge < -0.3 is 10.6 Å². The van der Waals surface area contributed by atoms with Crippen LogP contribution in [-0.2, 0) is 9.59 Å². The SMILES string of the molecule is CC(C)(C)CN1CCCC(N2CC(C)(C(N)=O)C2)C1=O. The van der Waals surface area contributed by atoms with Crippen molar-refractivity contribution in [2.75, 3.05) is 26.2 Å². The van der Waals surface area contributed by atoms with Gasteiger partial charge in [-0.1, -0.05) is 20.8 Å². The number of carbonyl (C=O) groups excluding carboxylic acids is 2. The molecular formula is C15H27N3O2. The molecule has 2 aliphatic heterocycles. The smallest absolute Gasteiger partial charge is 0.239 e. The number of amides is 2. The summed E-state index contributed by atoms with van der Waals surface area (Å²) in [7, 11) is 0. The predicted octanol–water partition coefficient (Wildman–Crippen LogP) is 0.831. The Hall–Kier alpha value is -1.10. The van der Waals surface area contributed by atoms with Gasteiger partial charge in [0.25, 0.3) is 0 Å². The third-order valence-corrected chi connectivity index (χ3v) is 4.31. The van der Waals surface area contributed by atoms with E-state index in [1.54, 1.807) is 0 Å². The molecule has 0 spiro atoms. The van der Waals surface area contributed by atoms with Gasteiger partial charge in [-0.15, -0.1) is 0 Å². The fourth-order valence-corrected chi connectivity index (χ4v) is 3.21. The van der Waals surface area contributed by atoms with E-state index in [0.29, 0.717) is 13.1 Å². The minimum atomic E-state index is -0.452. The molecule has 2 heterocycles. The topological polar surface area (TPSA) is 66.6 Å². The molecule has 0 aromatic carbocycles. The van der Waals surface area contributed by atoms with Crippen LogP contribution in [0.25, 0.3) is 0 Å². The summed E-state index contributed by atoms with van der Waals surface area (Å²) in [5.41, 5.74) is 5.08. The van der Waals surface area contributed by atoms with E-state index < -0.39 is 5.41 Å². The number of hydrogen-bond donors (Lipinski definition) is 1. The molecule has 2 N–H and O–H groups in total. The van der Waals surface area contributed by atoms with Crippen molar-refractivity contribution in [1.82, 2.24) is 9.80 Å². The number of piperidine rings is 1. The number of rotatable bonds is 3. The maximum absolute atomic E-state index is 12.6. The molecule has 2 amide bonds. The molecule has 114 valence electrons. The average molecular weight is 281 g/mol. The highest BCUT2D eigenvalue weighted by atomic mass is 16.2. The Labute approximate surface area is 121 Å². The second-order valence-electron chi connectivity index (χ2n) is 7.81. The van der Waals surface area contributed by atoms with Gasteiger partial charge in [-0.3, -0.25) is 14.5 Å². The molecule has 2 rings (SSSR count). The van der Waals surface area contributed by atoms with Crippen LogP contribution in [0.3, 0.4) is 0 Å². The summed E-state index contributed by atoms with van der Waals surface area (Å²) in [4.78, 5) is 28.0. The molecule has 0 aliphatic carbocycles. The van der Waals surface area contributed by atoms with Crippen molar-refractivity contribution >= 4 is 11.8 Å². The van der Waals surface area contributed by atoms with Gasteiger partial charge in [-0.05, 0) is 25.2 Å². The van der Waals surface area contributed by atoms with E-state index in [9.17, 15) is 9.59 Å². The zero-order valence-electron chi connectivity index (χ0n) is 13.1. The van der Waals surface area contributed by atoms with E-state index in [1.807, 2.05) is 11.8 Å². The number of likely N-dealkylation sites (tertiary alicyclic amines) is 2. The number of carbonyl (C=O) groups is 2. The Morgan fingerprint density at radius 3 is 2.50 bits per heavy atom. The largest absolute Gasteiger partial charge is 0.369 e. The lowest BCUT2D eigenvalue weighted by Crippen LogP contribution is -2.67. The lowest BCUT2D eigenvalue weighted by molar-refractivity contribution is -0.154. The van der Waals surface area contributed by atoms with E-state index in [-0.39, 0.29) is 23.3 Å². The van der Waals surface area contributed by atoms with Crippen LogP contribution in [-0.4, -0.2) is 53.8 Å². The van der Waals surface area contributed by atoms with Gasteiger partial charge >= 0.3 is 0 Å². The molecule has 2 fully saturated rings. The Bertz CT molecular complexity index is 408. The first-order chi connectivity index (χ1) is 9.12. The van der Waals surface area contributed by atoms with Crippen LogP contribution in [0, 0.1) is 10.8 Å². The predicted molar refractivity (Wildman–Crippen MR) is 77.9 cm³/mol. The van der Waals surface area contributed by atoms with Gasteiger partial charge in [0, 0.05) is 26.2 Å². The van der Waals surface area contributed by atoms with E-state index >= 15 is 0 Å². The Kier molecular flexibility index (Phi) is 3.84. The van der Waals surface area contributed by atoms with Crippen molar-refractivity contribution in [3.8, 4) is 0 Å². The van der Waals surface area contributed by atoms with E-state index in [1.165, 1.54) is 0 Å². The Morgan fingerprint density at radius 2 is 2.00 bits per heavy atom. The fraction of sp³-hybridized carbons (Fsp3) is 0.867. The van der Waals surface area contributed by atoms with Crippen LogP contribution < -0.4 is 5.73 Å². The highest BCUT2D eigenvalue weighted by Gasteiger charge is 2.49. The Balaban J connectivity index is 1.97. The van der Waals surface area contributed by atoms with Crippen LogP contribution in [0.2, 0.25) is 0 Å². The van der Waals surface area contributed by atoms with Crippen LogP contribution in [0.5, 0.6) is 0 Å². The van der Waals surface area contributed by atoms with Gasteiger partial charge in [-0.25, -0.2) is 0 Å². The molecule has 0 saturated carbocycles. The van der Waals surface area contributed by atoms with Crippen molar-refractivity contribution in [2.45, 2.75) is 46.6 Å². The molecule has 5 heteroatoms. The van der Waals surface area contributed by atoms with Crippen LogP contribution >= 0.6 is 0 Å². The molecule has 0 aromatic rings. The zero-order chi connectivity index (χ0) is 15.1. The van der Waals surface area contributed by atoms with Gasteiger partial charge in [-0.2, -0.15) is 0 Å². The summed E-state index contributed by atoms with van der Waals surface area (Å²) >= 11 is 0. The molecule has 0 aromatic heterocycles. The minimum absolute atomic E-state index is 0.0569. The van der Waals surface area contributed by atoms with Crippen molar-refractivity contribution in [2.24, 2.45) is 16.6 Å². The van der Waals surface area contributed by atoms with Crippen LogP contribution in [0.15, 0.2) is 0 Å². The zero-order valence-corrected chi connectivity index (χ0v) is 13.1. The normalized spacial score (nSPS) is 27.3. The molecular weight excluding hydrogens is 254 g/mol. The first kappa shape index (κ1) is 15.3. The van der Waals surface area contributed by atoms with Gasteiger partial charge in [0.2, 0.25) is 11.8 Å². The van der Waals surface area contributed by atoms with Crippen molar-refractivity contribution in [3.63, 3.8) is 0 Å². The third-order valence-electron chi connectivity index (χ3n) is 4.31. The Morgan fingerprint density at radius 1 is 1.40 bits per heavy atom. The van der Waals surface area contributed by atoms with Crippen LogP contribution in [0.4, 0.5) is 0 Å². The number of primary amides is 1. The molecule has 2 saturated heterocycles. The molecule has 1 atom stereocenters. The first-order valence-electron chi connectivity index (χ1n) is 7.45. The van der Waals surface area contributed by atoms with Crippen molar-refractivity contribution in [3.05, 3.63) is 0 Å². The van der Waals surface area contributed by atoms with E-state index in [2.05, 4.69) is 25.7 Å². The number of nitrogens with zero attached hydrogens (tertiary/aromatic N) is 2. The fourth-order valence-electron chi connectivity index (χ4n) is 3.21. The standard InChI is InChI=1S/C15H27N3O2/c1-14(2,3)8-17-7-5-6-11(12(17)19)18-9-15(4,10-18)13(16)20/h11H,5-10H2,1-4H3,(H2,16,20). The molecule has 2 aliphatic rings. The maximum atomic E-state index is 12.6. The monoisotopic (exact) mass is 281 g/mol. The lowest BCUT2D eigenvalue weighted by Gasteiger charge is -2.51. The number of nitrogens with two attached hydrogens (primary N) is 1. The van der Waals surface area contributed by atoms with Gasteiger partial charge in [0.15, 0.2) is 0 Å². The highest BCUT2D eigenvalue weighted by Crippen LogP contribution is 2.34. The quantitative estimate of drug-likeness (QED) is 0.833. The van der Waals surface area contributed by atoms with E-state index in [4.69, 9.17) is 5.73 Å². The molecule has 0 bridgehead atoms. The molecule has 5 nitrogen and oxygen atoms in total. The highest BCUT2D eigenvalue weighted by molar-refractivity contribution is 5.85. The molecule has 20 heavy (non-hydrogen) atoms. The summed E-state index contributed by atoms with van der Waals surface area (Å²) in [5.74, 6) is -0.0405. The summed E-state index contributed by atoms with van der Waals surface area (Å²) in [6.45, 7) is 11.2. The van der Waals surface area contributed by atoms with Gasteiger partial charge in [0.1, 0.15) is 0 Å².